The van der Waals surface area contributed by atoms with Crippen molar-refractivity contribution in [2.75, 3.05) is 19.8 Å². The first-order chi connectivity index (χ1) is 16.7. The highest BCUT2D eigenvalue weighted by molar-refractivity contribution is 6.07. The highest BCUT2D eigenvalue weighted by atomic mass is 19.4. The third-order valence-corrected chi connectivity index (χ3v) is 6.77. The Bertz CT molecular complexity index is 1190. The molecular formula is C27H30F4N2O3. The smallest absolute Gasteiger partial charge is 0.416 e. The van der Waals surface area contributed by atoms with E-state index in [0.29, 0.717) is 24.0 Å². The standard InChI is InChI=1S/C27H30F4N2O3/c1-6-35-20-13-18-21(22(28)23(20)36-7-2)24(32)33(26(18)8-9-26)14-19(34)15-10-16(25(3,4)5)12-17(11-15)27(29,30)31/h10-13,32H,6-9,14H2,1-5H3. The lowest BCUT2D eigenvalue weighted by molar-refractivity contribution is -0.137. The number of alkyl halides is 3. The fourth-order valence-electron chi connectivity index (χ4n) is 4.75. The van der Waals surface area contributed by atoms with E-state index in [2.05, 4.69) is 0 Å². The number of ketones is 1. The average Bonchev–Trinajstić information content (AvgIpc) is 3.55. The lowest BCUT2D eigenvalue weighted by Gasteiger charge is -2.27. The van der Waals surface area contributed by atoms with Gasteiger partial charge in [0, 0.05) is 5.56 Å². The summed E-state index contributed by atoms with van der Waals surface area (Å²) in [5, 5.41) is 8.72. The Kier molecular flexibility index (Phi) is 6.34. The maximum atomic E-state index is 15.6. The fraction of sp³-hybridized carbons (Fsp3) is 0.481. The number of benzene rings is 2. The van der Waals surface area contributed by atoms with Crippen LogP contribution < -0.4 is 9.47 Å². The summed E-state index contributed by atoms with van der Waals surface area (Å²) in [6.07, 6.45) is -3.44. The predicted octanol–water partition coefficient (Wildman–Crippen LogP) is 6.45. The van der Waals surface area contributed by atoms with E-state index in [9.17, 15) is 18.0 Å². The van der Waals surface area contributed by atoms with Crippen LogP contribution in [0.1, 0.15) is 80.1 Å². The number of amidine groups is 1. The molecular weight excluding hydrogens is 476 g/mol. The molecule has 2 aromatic rings. The Morgan fingerprint density at radius 1 is 1.03 bits per heavy atom. The number of Topliss-reactive ketones (excluding diaryl/α,β-unsaturated/α-hetero) is 1. The Morgan fingerprint density at radius 3 is 2.17 bits per heavy atom. The summed E-state index contributed by atoms with van der Waals surface area (Å²) in [6.45, 7) is 8.94. The zero-order chi connectivity index (χ0) is 26.6. The van der Waals surface area contributed by atoms with Crippen LogP contribution in [0.25, 0.3) is 0 Å². The van der Waals surface area contributed by atoms with Crippen LogP contribution in [0.15, 0.2) is 24.3 Å². The minimum atomic E-state index is -4.61. The summed E-state index contributed by atoms with van der Waals surface area (Å²) in [6, 6.07) is 5.06. The number of carbonyl (C=O) groups excluding carboxylic acids is 1. The van der Waals surface area contributed by atoms with Crippen molar-refractivity contribution >= 4 is 11.6 Å². The second-order valence-corrected chi connectivity index (χ2v) is 10.2. The number of nitrogens with one attached hydrogen (secondary N) is 1. The summed E-state index contributed by atoms with van der Waals surface area (Å²) in [7, 11) is 0. The minimum Gasteiger partial charge on any atom is -0.490 e. The molecule has 5 nitrogen and oxygen atoms in total. The van der Waals surface area contributed by atoms with Crippen molar-refractivity contribution in [1.29, 1.82) is 5.41 Å². The van der Waals surface area contributed by atoms with Crippen molar-refractivity contribution in [2.24, 2.45) is 0 Å². The van der Waals surface area contributed by atoms with Gasteiger partial charge in [0.1, 0.15) is 5.84 Å². The van der Waals surface area contributed by atoms with E-state index in [1.807, 2.05) is 0 Å². The number of rotatable bonds is 7. The van der Waals surface area contributed by atoms with Gasteiger partial charge < -0.3 is 14.4 Å². The Morgan fingerprint density at radius 2 is 1.64 bits per heavy atom. The van der Waals surface area contributed by atoms with Crippen molar-refractivity contribution in [3.63, 3.8) is 0 Å². The third-order valence-electron chi connectivity index (χ3n) is 6.77. The van der Waals surface area contributed by atoms with Gasteiger partial charge in [-0.05, 0) is 67.5 Å². The number of carbonyl (C=O) groups is 1. The maximum Gasteiger partial charge on any atom is 0.416 e. The SMILES string of the molecule is CCOc1cc2c(c(F)c1OCC)C(=N)N(CC(=O)c1cc(C(C)(C)C)cc(C(F)(F)F)c1)C21CC1. The molecule has 0 atom stereocenters. The maximum absolute atomic E-state index is 15.6. The number of ether oxygens (including phenoxy) is 2. The van der Waals surface area contributed by atoms with Crippen LogP contribution in [0.4, 0.5) is 17.6 Å². The van der Waals surface area contributed by atoms with E-state index in [-0.39, 0.29) is 48.2 Å². The largest absolute Gasteiger partial charge is 0.490 e. The van der Waals surface area contributed by atoms with Crippen molar-refractivity contribution in [3.8, 4) is 11.5 Å². The number of nitrogens with zero attached hydrogens (tertiary/aromatic N) is 1. The van der Waals surface area contributed by atoms with Crippen LogP contribution in [-0.2, 0) is 17.1 Å². The van der Waals surface area contributed by atoms with Crippen molar-refractivity contribution in [2.45, 2.75) is 64.6 Å². The molecule has 1 spiro atoms. The molecule has 1 fully saturated rings. The van der Waals surface area contributed by atoms with Gasteiger partial charge in [-0.2, -0.15) is 13.2 Å². The van der Waals surface area contributed by atoms with Crippen LogP contribution in [0, 0.1) is 11.2 Å². The molecule has 9 heteroatoms. The molecule has 1 heterocycles. The van der Waals surface area contributed by atoms with Gasteiger partial charge in [-0.15, -0.1) is 0 Å². The molecule has 0 bridgehead atoms. The molecule has 194 valence electrons. The zero-order valence-corrected chi connectivity index (χ0v) is 21.0. The molecule has 0 amide bonds. The van der Waals surface area contributed by atoms with Crippen LogP contribution in [-0.4, -0.2) is 36.3 Å². The van der Waals surface area contributed by atoms with Crippen LogP contribution in [0.2, 0.25) is 0 Å². The number of fused-ring (bicyclic) bond motifs is 2. The molecule has 1 saturated carbocycles. The van der Waals surface area contributed by atoms with Gasteiger partial charge >= 0.3 is 6.18 Å². The van der Waals surface area contributed by atoms with E-state index in [1.165, 1.54) is 11.0 Å². The van der Waals surface area contributed by atoms with E-state index in [4.69, 9.17) is 14.9 Å². The Labute approximate surface area is 207 Å². The summed E-state index contributed by atoms with van der Waals surface area (Å²) >= 11 is 0. The lowest BCUT2D eigenvalue weighted by atomic mass is 9.84. The highest BCUT2D eigenvalue weighted by Crippen LogP contribution is 2.59. The zero-order valence-electron chi connectivity index (χ0n) is 21.0. The molecule has 0 radical (unpaired) electrons. The highest BCUT2D eigenvalue weighted by Gasteiger charge is 2.58. The van der Waals surface area contributed by atoms with Gasteiger partial charge in [0.15, 0.2) is 23.1 Å². The molecule has 0 aromatic heterocycles. The quantitative estimate of drug-likeness (QED) is 0.346. The predicted molar refractivity (Wildman–Crippen MR) is 128 cm³/mol. The summed E-state index contributed by atoms with van der Waals surface area (Å²) in [5.41, 5.74) is -1.37. The molecule has 2 aromatic carbocycles. The fourth-order valence-corrected chi connectivity index (χ4v) is 4.75. The summed E-state index contributed by atoms with van der Waals surface area (Å²) in [4.78, 5) is 14.9. The molecule has 36 heavy (non-hydrogen) atoms. The molecule has 1 N–H and O–H groups in total. The van der Waals surface area contributed by atoms with E-state index in [0.717, 1.165) is 12.1 Å². The molecule has 2 aliphatic rings. The van der Waals surface area contributed by atoms with E-state index < -0.39 is 34.3 Å². The van der Waals surface area contributed by atoms with Gasteiger partial charge in [0.2, 0.25) is 0 Å². The minimum absolute atomic E-state index is 0.0478. The average molecular weight is 507 g/mol. The first kappa shape index (κ1) is 26.0. The number of halogens is 4. The summed E-state index contributed by atoms with van der Waals surface area (Å²) in [5.74, 6) is -1.32. The van der Waals surface area contributed by atoms with Crippen molar-refractivity contribution in [1.82, 2.24) is 4.90 Å². The van der Waals surface area contributed by atoms with E-state index >= 15 is 4.39 Å². The molecule has 1 aliphatic heterocycles. The number of hydrogen-bond acceptors (Lipinski definition) is 4. The van der Waals surface area contributed by atoms with Crippen LogP contribution in [0.3, 0.4) is 0 Å². The lowest BCUT2D eigenvalue weighted by Crippen LogP contribution is -2.38. The topological polar surface area (TPSA) is 62.6 Å². The normalized spacial score (nSPS) is 16.4. The van der Waals surface area contributed by atoms with Crippen molar-refractivity contribution < 1.29 is 31.8 Å². The van der Waals surface area contributed by atoms with Gasteiger partial charge in [-0.3, -0.25) is 10.2 Å². The molecule has 0 unspecified atom stereocenters. The molecule has 1 aliphatic carbocycles. The van der Waals surface area contributed by atoms with Crippen molar-refractivity contribution in [3.05, 3.63) is 57.9 Å². The third kappa shape index (κ3) is 4.33. The number of hydrogen-bond donors (Lipinski definition) is 1. The molecule has 0 saturated heterocycles. The first-order valence-corrected chi connectivity index (χ1v) is 12.0. The Hall–Kier alpha value is -3.10. The Balaban J connectivity index is 1.73. The van der Waals surface area contributed by atoms with Gasteiger partial charge in [0.05, 0.1) is 36.4 Å². The second-order valence-electron chi connectivity index (χ2n) is 10.2. The van der Waals surface area contributed by atoms with Gasteiger partial charge in [-0.25, -0.2) is 4.39 Å². The second kappa shape index (κ2) is 8.78. The summed E-state index contributed by atoms with van der Waals surface area (Å²) < 4.78 is 67.5. The van der Waals surface area contributed by atoms with Crippen LogP contribution >= 0.6 is 0 Å². The van der Waals surface area contributed by atoms with Gasteiger partial charge in [-0.1, -0.05) is 20.8 Å². The van der Waals surface area contributed by atoms with Gasteiger partial charge in [0.25, 0.3) is 0 Å². The molecule has 4 rings (SSSR count). The van der Waals surface area contributed by atoms with E-state index in [1.54, 1.807) is 40.7 Å². The first-order valence-electron chi connectivity index (χ1n) is 12.0. The monoisotopic (exact) mass is 506 g/mol. The van der Waals surface area contributed by atoms with Crippen LogP contribution in [0.5, 0.6) is 11.5 Å².